The second-order valence-electron chi connectivity index (χ2n) is 5.97. The number of halogens is 1. The SMILES string of the molecule is CC(C)c1ccc(S(=O)(=O)CC2(CBr)CCC2)cc1. The van der Waals surface area contributed by atoms with Gasteiger partial charge in [0.15, 0.2) is 9.84 Å². The fourth-order valence-electron chi connectivity index (χ4n) is 2.54. The third kappa shape index (κ3) is 3.22. The van der Waals surface area contributed by atoms with E-state index in [9.17, 15) is 8.42 Å². The van der Waals surface area contributed by atoms with Crippen molar-refractivity contribution in [1.82, 2.24) is 0 Å². The molecule has 106 valence electrons. The number of sulfone groups is 1. The van der Waals surface area contributed by atoms with E-state index < -0.39 is 9.84 Å². The van der Waals surface area contributed by atoms with Crippen LogP contribution in [0.1, 0.15) is 44.6 Å². The summed E-state index contributed by atoms with van der Waals surface area (Å²) in [5.41, 5.74) is 1.15. The molecule has 2 nitrogen and oxygen atoms in total. The minimum Gasteiger partial charge on any atom is -0.224 e. The molecule has 4 heteroatoms. The highest BCUT2D eigenvalue weighted by Crippen LogP contribution is 2.44. The lowest BCUT2D eigenvalue weighted by Crippen LogP contribution is -2.38. The van der Waals surface area contributed by atoms with Gasteiger partial charge in [0.1, 0.15) is 0 Å². The Morgan fingerprint density at radius 1 is 1.21 bits per heavy atom. The zero-order chi connectivity index (χ0) is 14.1. The van der Waals surface area contributed by atoms with Gasteiger partial charge in [-0.2, -0.15) is 0 Å². The van der Waals surface area contributed by atoms with Crippen LogP contribution in [0.15, 0.2) is 29.2 Å². The number of hydrogen-bond donors (Lipinski definition) is 0. The molecular formula is C15H21BrO2S. The molecule has 0 N–H and O–H groups in total. The van der Waals surface area contributed by atoms with Gasteiger partial charge in [-0.05, 0) is 41.9 Å². The van der Waals surface area contributed by atoms with E-state index in [4.69, 9.17) is 0 Å². The first-order valence-electron chi connectivity index (χ1n) is 6.77. The molecule has 1 saturated carbocycles. The van der Waals surface area contributed by atoms with Crippen molar-refractivity contribution < 1.29 is 8.42 Å². The molecule has 0 radical (unpaired) electrons. The Bertz CT molecular complexity index is 522. The molecule has 0 amide bonds. The molecule has 0 heterocycles. The van der Waals surface area contributed by atoms with E-state index in [0.29, 0.717) is 10.8 Å². The van der Waals surface area contributed by atoms with Crippen LogP contribution in [0.25, 0.3) is 0 Å². The van der Waals surface area contributed by atoms with Gasteiger partial charge in [-0.15, -0.1) is 0 Å². The van der Waals surface area contributed by atoms with Crippen LogP contribution in [-0.4, -0.2) is 19.5 Å². The molecule has 0 aromatic heterocycles. The molecule has 0 spiro atoms. The van der Waals surface area contributed by atoms with Crippen LogP contribution >= 0.6 is 15.9 Å². The Balaban J connectivity index is 2.19. The highest BCUT2D eigenvalue weighted by molar-refractivity contribution is 9.09. The molecule has 0 saturated heterocycles. The Morgan fingerprint density at radius 3 is 2.16 bits per heavy atom. The largest absolute Gasteiger partial charge is 0.224 e. The highest BCUT2D eigenvalue weighted by Gasteiger charge is 2.40. The minimum absolute atomic E-state index is 0.0322. The molecule has 1 aromatic carbocycles. The molecule has 1 aromatic rings. The molecule has 1 aliphatic carbocycles. The smallest absolute Gasteiger partial charge is 0.178 e. The zero-order valence-corrected chi connectivity index (χ0v) is 13.9. The Kier molecular flexibility index (Phi) is 4.41. The lowest BCUT2D eigenvalue weighted by atomic mass is 9.72. The number of hydrogen-bond acceptors (Lipinski definition) is 2. The Labute approximate surface area is 124 Å². The number of benzene rings is 1. The molecule has 19 heavy (non-hydrogen) atoms. The summed E-state index contributed by atoms with van der Waals surface area (Å²) in [4.78, 5) is 0.462. The second kappa shape index (κ2) is 5.57. The van der Waals surface area contributed by atoms with Crippen LogP contribution in [0.3, 0.4) is 0 Å². The summed E-state index contributed by atoms with van der Waals surface area (Å²) in [5.74, 6) is 0.698. The van der Waals surface area contributed by atoms with Gasteiger partial charge < -0.3 is 0 Å². The molecular weight excluding hydrogens is 324 g/mol. The average molecular weight is 345 g/mol. The fourth-order valence-corrected chi connectivity index (χ4v) is 5.48. The van der Waals surface area contributed by atoms with Crippen molar-refractivity contribution in [2.75, 3.05) is 11.1 Å². The fraction of sp³-hybridized carbons (Fsp3) is 0.600. The van der Waals surface area contributed by atoms with Crippen LogP contribution in [-0.2, 0) is 9.84 Å². The summed E-state index contributed by atoms with van der Waals surface area (Å²) in [6.45, 7) is 4.22. The Hall–Kier alpha value is -0.350. The van der Waals surface area contributed by atoms with E-state index in [2.05, 4.69) is 29.8 Å². The monoisotopic (exact) mass is 344 g/mol. The number of alkyl halides is 1. The van der Waals surface area contributed by atoms with Gasteiger partial charge in [0.05, 0.1) is 10.6 Å². The van der Waals surface area contributed by atoms with Gasteiger partial charge in [0, 0.05) is 5.33 Å². The maximum atomic E-state index is 12.5. The normalized spacial score (nSPS) is 18.3. The van der Waals surface area contributed by atoms with Crippen molar-refractivity contribution in [3.05, 3.63) is 29.8 Å². The summed E-state index contributed by atoms with van der Waals surface area (Å²) in [6.07, 6.45) is 3.18. The molecule has 0 bridgehead atoms. The van der Waals surface area contributed by atoms with Crippen molar-refractivity contribution >= 4 is 25.8 Å². The van der Waals surface area contributed by atoms with Crippen molar-refractivity contribution in [2.24, 2.45) is 5.41 Å². The lowest BCUT2D eigenvalue weighted by molar-refractivity contribution is 0.203. The van der Waals surface area contributed by atoms with E-state index in [-0.39, 0.29) is 11.2 Å². The molecule has 1 aliphatic rings. The van der Waals surface area contributed by atoms with Crippen LogP contribution < -0.4 is 0 Å². The topological polar surface area (TPSA) is 34.1 Å². The third-order valence-corrected chi connectivity index (χ3v) is 7.27. The van der Waals surface area contributed by atoms with E-state index in [1.54, 1.807) is 12.1 Å². The first kappa shape index (κ1) is 15.0. The second-order valence-corrected chi connectivity index (χ2v) is 8.52. The van der Waals surface area contributed by atoms with Crippen LogP contribution in [0.4, 0.5) is 0 Å². The zero-order valence-electron chi connectivity index (χ0n) is 11.5. The van der Waals surface area contributed by atoms with Crippen molar-refractivity contribution in [3.63, 3.8) is 0 Å². The van der Waals surface area contributed by atoms with Gasteiger partial charge in [-0.25, -0.2) is 8.42 Å². The summed E-state index contributed by atoms with van der Waals surface area (Å²) < 4.78 is 24.9. The van der Waals surface area contributed by atoms with Gasteiger partial charge in [0.25, 0.3) is 0 Å². The van der Waals surface area contributed by atoms with Crippen LogP contribution in [0.5, 0.6) is 0 Å². The van der Waals surface area contributed by atoms with E-state index in [1.165, 1.54) is 5.56 Å². The van der Waals surface area contributed by atoms with Crippen LogP contribution in [0.2, 0.25) is 0 Å². The first-order valence-corrected chi connectivity index (χ1v) is 9.55. The Morgan fingerprint density at radius 2 is 1.79 bits per heavy atom. The first-order chi connectivity index (χ1) is 8.88. The average Bonchev–Trinajstić information content (AvgIpc) is 2.34. The van der Waals surface area contributed by atoms with Gasteiger partial charge >= 0.3 is 0 Å². The highest BCUT2D eigenvalue weighted by atomic mass is 79.9. The standard InChI is InChI=1S/C15H21BrO2S/c1-12(2)13-4-6-14(7-5-13)19(17,18)11-15(10-16)8-3-9-15/h4-7,12H,3,8-11H2,1-2H3. The van der Waals surface area contributed by atoms with E-state index in [1.807, 2.05) is 12.1 Å². The molecule has 2 rings (SSSR count). The third-order valence-electron chi connectivity index (χ3n) is 4.10. The van der Waals surface area contributed by atoms with Crippen LogP contribution in [0, 0.1) is 5.41 Å². The van der Waals surface area contributed by atoms with E-state index >= 15 is 0 Å². The summed E-state index contributed by atoms with van der Waals surface area (Å²) in [6, 6.07) is 7.37. The minimum atomic E-state index is -3.16. The maximum absolute atomic E-state index is 12.5. The van der Waals surface area contributed by atoms with Gasteiger partial charge in [0.2, 0.25) is 0 Å². The van der Waals surface area contributed by atoms with Crippen molar-refractivity contribution in [2.45, 2.75) is 43.9 Å². The molecule has 0 atom stereocenters. The summed E-state index contributed by atoms with van der Waals surface area (Å²) >= 11 is 3.47. The quantitative estimate of drug-likeness (QED) is 0.752. The predicted octanol–water partition coefficient (Wildman–Crippen LogP) is 4.15. The maximum Gasteiger partial charge on any atom is 0.178 e. The predicted molar refractivity (Wildman–Crippen MR) is 82.7 cm³/mol. The summed E-state index contributed by atoms with van der Waals surface area (Å²) in [7, 11) is -3.16. The van der Waals surface area contributed by atoms with Crippen molar-refractivity contribution in [3.8, 4) is 0 Å². The molecule has 0 unspecified atom stereocenters. The summed E-state index contributed by atoms with van der Waals surface area (Å²) in [5, 5.41) is 0.781. The lowest BCUT2D eigenvalue weighted by Gasteiger charge is -2.40. The van der Waals surface area contributed by atoms with Crippen molar-refractivity contribution in [1.29, 1.82) is 0 Å². The van der Waals surface area contributed by atoms with Gasteiger partial charge in [-0.3, -0.25) is 0 Å². The molecule has 1 fully saturated rings. The van der Waals surface area contributed by atoms with Gasteiger partial charge in [-0.1, -0.05) is 48.3 Å². The number of rotatable bonds is 5. The van der Waals surface area contributed by atoms with E-state index in [0.717, 1.165) is 24.6 Å². The molecule has 0 aliphatic heterocycles.